The van der Waals surface area contributed by atoms with Gasteiger partial charge < -0.3 is 5.32 Å². The van der Waals surface area contributed by atoms with E-state index in [2.05, 4.69) is 24.4 Å². The molecule has 0 radical (unpaired) electrons. The Morgan fingerprint density at radius 3 is 2.83 bits per heavy atom. The summed E-state index contributed by atoms with van der Waals surface area (Å²) < 4.78 is 0. The molecule has 0 fully saturated rings. The highest BCUT2D eigenvalue weighted by molar-refractivity contribution is 5.88. The molecule has 0 aromatic heterocycles. The molecular weight excluding hydrogens is 222 g/mol. The molecule has 2 rings (SSSR count). The van der Waals surface area contributed by atoms with E-state index in [1.807, 2.05) is 6.07 Å². The average Bonchev–Trinajstić information content (AvgIpc) is 2.30. The molecule has 1 amide bonds. The highest BCUT2D eigenvalue weighted by atomic mass is 16.1. The molecule has 0 bridgehead atoms. The number of benzene rings is 1. The first-order chi connectivity index (χ1) is 8.69. The number of nitrogens with one attached hydrogen (secondary N) is 1. The monoisotopic (exact) mass is 245 g/mol. The number of aryl methyl sites for hydroxylation is 2. The molecule has 0 saturated carbocycles. The van der Waals surface area contributed by atoms with Crippen LogP contribution in [-0.4, -0.2) is 5.91 Å². The summed E-state index contributed by atoms with van der Waals surface area (Å²) in [5.41, 5.74) is 3.84. The SMILES string of the molecule is CCC1CCCc2cc(NC(C)=O)ccc2CC1. The zero-order valence-electron chi connectivity index (χ0n) is 11.5. The van der Waals surface area contributed by atoms with Crippen molar-refractivity contribution in [2.75, 3.05) is 5.32 Å². The summed E-state index contributed by atoms with van der Waals surface area (Å²) in [5.74, 6) is 0.903. The van der Waals surface area contributed by atoms with Crippen LogP contribution in [0, 0.1) is 5.92 Å². The fourth-order valence-electron chi connectivity index (χ4n) is 2.88. The molecule has 1 aromatic carbocycles. The molecule has 0 spiro atoms. The van der Waals surface area contributed by atoms with Crippen molar-refractivity contribution < 1.29 is 4.79 Å². The van der Waals surface area contributed by atoms with Crippen LogP contribution in [-0.2, 0) is 17.6 Å². The maximum absolute atomic E-state index is 11.1. The summed E-state index contributed by atoms with van der Waals surface area (Å²) in [5, 5.41) is 2.87. The number of carbonyl (C=O) groups excluding carboxylic acids is 1. The highest BCUT2D eigenvalue weighted by Crippen LogP contribution is 2.27. The van der Waals surface area contributed by atoms with Gasteiger partial charge in [-0.15, -0.1) is 0 Å². The Balaban J connectivity index is 2.14. The van der Waals surface area contributed by atoms with E-state index in [-0.39, 0.29) is 5.91 Å². The van der Waals surface area contributed by atoms with Gasteiger partial charge in [-0.2, -0.15) is 0 Å². The van der Waals surface area contributed by atoms with Crippen LogP contribution in [0.4, 0.5) is 5.69 Å². The van der Waals surface area contributed by atoms with Crippen molar-refractivity contribution in [1.29, 1.82) is 0 Å². The molecule has 1 atom stereocenters. The van der Waals surface area contributed by atoms with Gasteiger partial charge in [-0.05, 0) is 54.9 Å². The van der Waals surface area contributed by atoms with Gasteiger partial charge in [0.25, 0.3) is 0 Å². The van der Waals surface area contributed by atoms with Crippen LogP contribution in [0.1, 0.15) is 50.7 Å². The van der Waals surface area contributed by atoms with E-state index >= 15 is 0 Å². The molecule has 0 aliphatic heterocycles. The van der Waals surface area contributed by atoms with Gasteiger partial charge in [0.15, 0.2) is 0 Å². The first-order valence-corrected chi connectivity index (χ1v) is 7.08. The fraction of sp³-hybridized carbons (Fsp3) is 0.562. The van der Waals surface area contributed by atoms with E-state index in [0.717, 1.165) is 18.0 Å². The normalized spacial score (nSPS) is 19.6. The lowest BCUT2D eigenvalue weighted by molar-refractivity contribution is -0.114. The number of amides is 1. The second-order valence-electron chi connectivity index (χ2n) is 5.37. The Bertz CT molecular complexity index is 425. The predicted molar refractivity (Wildman–Crippen MR) is 75.8 cm³/mol. The molecule has 0 saturated heterocycles. The molecule has 98 valence electrons. The van der Waals surface area contributed by atoms with Crippen molar-refractivity contribution >= 4 is 11.6 Å². The molecule has 0 heterocycles. The zero-order valence-corrected chi connectivity index (χ0v) is 11.5. The van der Waals surface area contributed by atoms with Gasteiger partial charge in [0.2, 0.25) is 5.91 Å². The van der Waals surface area contributed by atoms with Gasteiger partial charge >= 0.3 is 0 Å². The van der Waals surface area contributed by atoms with Crippen LogP contribution in [0.15, 0.2) is 18.2 Å². The van der Waals surface area contributed by atoms with Crippen LogP contribution >= 0.6 is 0 Å². The molecule has 1 aromatic rings. The Kier molecular flexibility index (Phi) is 4.40. The number of hydrogen-bond acceptors (Lipinski definition) is 1. The summed E-state index contributed by atoms with van der Waals surface area (Å²) in [6.45, 7) is 3.86. The number of anilines is 1. The van der Waals surface area contributed by atoms with Crippen LogP contribution in [0.5, 0.6) is 0 Å². The topological polar surface area (TPSA) is 29.1 Å². The zero-order chi connectivity index (χ0) is 13.0. The molecule has 1 aliphatic carbocycles. The Hall–Kier alpha value is -1.31. The lowest BCUT2D eigenvalue weighted by Crippen LogP contribution is -2.10. The summed E-state index contributed by atoms with van der Waals surface area (Å²) >= 11 is 0. The van der Waals surface area contributed by atoms with Crippen molar-refractivity contribution in [3.63, 3.8) is 0 Å². The van der Waals surface area contributed by atoms with Crippen LogP contribution in [0.25, 0.3) is 0 Å². The van der Waals surface area contributed by atoms with Gasteiger partial charge in [-0.1, -0.05) is 25.8 Å². The maximum atomic E-state index is 11.1. The lowest BCUT2D eigenvalue weighted by Gasteiger charge is -2.20. The van der Waals surface area contributed by atoms with E-state index in [1.165, 1.54) is 43.2 Å². The third-order valence-electron chi connectivity index (χ3n) is 3.98. The molecule has 1 aliphatic rings. The van der Waals surface area contributed by atoms with Gasteiger partial charge in [0, 0.05) is 12.6 Å². The second-order valence-corrected chi connectivity index (χ2v) is 5.37. The number of carbonyl (C=O) groups is 1. The molecular formula is C16H23NO. The van der Waals surface area contributed by atoms with Crippen molar-refractivity contribution in [2.45, 2.75) is 52.4 Å². The third kappa shape index (κ3) is 3.34. The minimum absolute atomic E-state index is 0.00633. The lowest BCUT2D eigenvalue weighted by atomic mass is 9.86. The minimum atomic E-state index is 0.00633. The third-order valence-corrected chi connectivity index (χ3v) is 3.98. The van der Waals surface area contributed by atoms with E-state index in [0.29, 0.717) is 0 Å². The summed E-state index contributed by atoms with van der Waals surface area (Å²) in [6, 6.07) is 6.38. The second kappa shape index (κ2) is 6.03. The molecule has 1 unspecified atom stereocenters. The van der Waals surface area contributed by atoms with Crippen molar-refractivity contribution in [3.8, 4) is 0 Å². The van der Waals surface area contributed by atoms with E-state index in [9.17, 15) is 4.79 Å². The maximum Gasteiger partial charge on any atom is 0.221 e. The van der Waals surface area contributed by atoms with Crippen LogP contribution in [0.3, 0.4) is 0 Å². The van der Waals surface area contributed by atoms with Gasteiger partial charge in [-0.3, -0.25) is 4.79 Å². The molecule has 2 heteroatoms. The Morgan fingerprint density at radius 1 is 1.28 bits per heavy atom. The fourth-order valence-corrected chi connectivity index (χ4v) is 2.88. The Labute approximate surface area is 110 Å². The van der Waals surface area contributed by atoms with E-state index < -0.39 is 0 Å². The predicted octanol–water partition coefficient (Wildman–Crippen LogP) is 3.94. The van der Waals surface area contributed by atoms with Gasteiger partial charge in [0.05, 0.1) is 0 Å². The van der Waals surface area contributed by atoms with Gasteiger partial charge in [0.1, 0.15) is 0 Å². The standard InChI is InChI=1S/C16H23NO/c1-3-13-5-4-6-15-11-16(17-12(2)18)10-9-14(15)8-7-13/h9-11,13H,3-8H2,1-2H3,(H,17,18). The first kappa shape index (κ1) is 13.1. The molecule has 18 heavy (non-hydrogen) atoms. The Morgan fingerprint density at radius 2 is 2.11 bits per heavy atom. The molecule has 2 nitrogen and oxygen atoms in total. The van der Waals surface area contributed by atoms with Gasteiger partial charge in [-0.25, -0.2) is 0 Å². The van der Waals surface area contributed by atoms with Crippen molar-refractivity contribution in [2.24, 2.45) is 5.92 Å². The number of rotatable bonds is 2. The highest BCUT2D eigenvalue weighted by Gasteiger charge is 2.13. The molecule has 1 N–H and O–H groups in total. The average molecular weight is 245 g/mol. The first-order valence-electron chi connectivity index (χ1n) is 7.08. The van der Waals surface area contributed by atoms with E-state index in [1.54, 1.807) is 6.92 Å². The summed E-state index contributed by atoms with van der Waals surface area (Å²) in [4.78, 5) is 11.1. The number of hydrogen-bond donors (Lipinski definition) is 1. The minimum Gasteiger partial charge on any atom is -0.326 e. The van der Waals surface area contributed by atoms with Crippen molar-refractivity contribution in [1.82, 2.24) is 0 Å². The summed E-state index contributed by atoms with van der Waals surface area (Å²) in [6.07, 6.45) is 7.57. The van der Waals surface area contributed by atoms with Crippen molar-refractivity contribution in [3.05, 3.63) is 29.3 Å². The largest absolute Gasteiger partial charge is 0.326 e. The number of fused-ring (bicyclic) bond motifs is 1. The summed E-state index contributed by atoms with van der Waals surface area (Å²) in [7, 11) is 0. The quantitative estimate of drug-likeness (QED) is 0.840. The smallest absolute Gasteiger partial charge is 0.221 e. The van der Waals surface area contributed by atoms with Crippen LogP contribution < -0.4 is 5.32 Å². The van der Waals surface area contributed by atoms with E-state index in [4.69, 9.17) is 0 Å². The van der Waals surface area contributed by atoms with Crippen LogP contribution in [0.2, 0.25) is 0 Å².